The van der Waals surface area contributed by atoms with E-state index in [-0.39, 0.29) is 0 Å². The minimum Gasteiger partial charge on any atom is -0.368 e. The summed E-state index contributed by atoms with van der Waals surface area (Å²) in [6, 6.07) is 0. The zero-order valence-corrected chi connectivity index (χ0v) is 10.2. The predicted octanol–water partition coefficient (Wildman–Crippen LogP) is 2.18. The van der Waals surface area contributed by atoms with E-state index in [1.165, 1.54) is 38.5 Å². The molecule has 4 heteroatoms. The smallest absolute Gasteiger partial charge is 0.151 e. The van der Waals surface area contributed by atoms with Gasteiger partial charge in [0.1, 0.15) is 0 Å². The van der Waals surface area contributed by atoms with Gasteiger partial charge in [-0.1, -0.05) is 44.9 Å². The van der Waals surface area contributed by atoms with Crippen LogP contribution in [0.5, 0.6) is 0 Å². The molecule has 0 bridgehead atoms. The van der Waals surface area contributed by atoms with E-state index >= 15 is 0 Å². The topological polar surface area (TPSA) is 72.7 Å². The summed E-state index contributed by atoms with van der Waals surface area (Å²) in [5.74, 6) is 0. The molecule has 0 fully saturated rings. The summed E-state index contributed by atoms with van der Waals surface area (Å²) in [5.41, 5.74) is 2.16. The lowest BCUT2D eigenvalue weighted by atomic mass is 10.1. The van der Waals surface area contributed by atoms with Crippen molar-refractivity contribution in [3.63, 3.8) is 0 Å². The highest BCUT2D eigenvalue weighted by molar-refractivity contribution is 4.48. The second-order valence-corrected chi connectivity index (χ2v) is 4.36. The number of rotatable bonds is 12. The summed E-state index contributed by atoms with van der Waals surface area (Å²) >= 11 is 0. The zero-order chi connectivity index (χ0) is 12.1. The second kappa shape index (κ2) is 12.9. The van der Waals surface area contributed by atoms with Gasteiger partial charge in [-0.25, -0.2) is 5.48 Å². The Hall–Kier alpha value is -0.160. The van der Waals surface area contributed by atoms with Gasteiger partial charge in [0.25, 0.3) is 0 Å². The highest BCUT2D eigenvalue weighted by atomic mass is 16.5. The molecule has 0 rings (SSSR count). The van der Waals surface area contributed by atoms with Gasteiger partial charge < -0.3 is 15.4 Å². The maximum Gasteiger partial charge on any atom is 0.151 e. The third-order valence-electron chi connectivity index (χ3n) is 2.75. The molecule has 0 heterocycles. The van der Waals surface area contributed by atoms with Crippen molar-refractivity contribution in [1.82, 2.24) is 5.48 Å². The Morgan fingerprint density at radius 3 is 1.56 bits per heavy atom. The van der Waals surface area contributed by atoms with Crippen LogP contribution in [0.15, 0.2) is 0 Å². The van der Waals surface area contributed by atoms with Crippen LogP contribution < -0.4 is 5.48 Å². The van der Waals surface area contributed by atoms with Gasteiger partial charge in [0, 0.05) is 6.54 Å². The largest absolute Gasteiger partial charge is 0.368 e. The number of hydrogen-bond donors (Lipinski definition) is 4. The van der Waals surface area contributed by atoms with Crippen LogP contribution in [-0.2, 0) is 0 Å². The molecule has 16 heavy (non-hydrogen) atoms. The van der Waals surface area contributed by atoms with Crippen LogP contribution in [0, 0.1) is 0 Å². The second-order valence-electron chi connectivity index (χ2n) is 4.36. The molecule has 0 saturated heterocycles. The molecular formula is C12H27NO3. The lowest BCUT2D eigenvalue weighted by molar-refractivity contribution is -0.0466. The summed E-state index contributed by atoms with van der Waals surface area (Å²) in [5, 5.41) is 25.6. The van der Waals surface area contributed by atoms with Crippen molar-refractivity contribution in [2.45, 2.75) is 70.5 Å². The first-order chi connectivity index (χ1) is 7.77. The fourth-order valence-corrected chi connectivity index (χ4v) is 1.77. The number of aliphatic hydroxyl groups excluding tert-OH is 1. The van der Waals surface area contributed by atoms with Gasteiger partial charge in [-0.05, 0) is 19.3 Å². The monoisotopic (exact) mass is 233 g/mol. The van der Waals surface area contributed by atoms with Crippen LogP contribution in [0.25, 0.3) is 0 Å². The normalized spacial score (nSPS) is 11.2. The van der Waals surface area contributed by atoms with Crippen LogP contribution in [0.4, 0.5) is 0 Å². The molecule has 0 amide bonds. The lowest BCUT2D eigenvalue weighted by Gasteiger charge is -2.03. The van der Waals surface area contributed by atoms with E-state index in [2.05, 4.69) is 5.48 Å². The molecule has 0 spiro atoms. The third-order valence-corrected chi connectivity index (χ3v) is 2.75. The van der Waals surface area contributed by atoms with E-state index in [0.717, 1.165) is 19.3 Å². The molecule has 0 aromatic rings. The minimum absolute atomic E-state index is 0.508. The molecule has 0 aliphatic rings. The Balaban J connectivity index is 2.88. The van der Waals surface area contributed by atoms with Gasteiger partial charge in [-0.2, -0.15) is 0 Å². The third kappa shape index (κ3) is 13.8. The quantitative estimate of drug-likeness (QED) is 0.237. The van der Waals surface area contributed by atoms with Crippen molar-refractivity contribution in [2.75, 3.05) is 6.54 Å². The number of hydroxylamine groups is 1. The van der Waals surface area contributed by atoms with Gasteiger partial charge in [0.2, 0.25) is 0 Å². The number of nitrogens with one attached hydrogen (secondary N) is 1. The maximum atomic E-state index is 8.63. The molecular weight excluding hydrogens is 206 g/mol. The van der Waals surface area contributed by atoms with E-state index in [0.29, 0.717) is 13.0 Å². The summed E-state index contributed by atoms with van der Waals surface area (Å²) < 4.78 is 0. The molecule has 98 valence electrons. The molecule has 0 aliphatic carbocycles. The van der Waals surface area contributed by atoms with Crippen molar-refractivity contribution >= 4 is 0 Å². The SMILES string of the molecule is ONCCCCCCCCCCCC(O)O. The first-order valence-electron chi connectivity index (χ1n) is 6.50. The average Bonchev–Trinajstić information content (AvgIpc) is 2.25. The summed E-state index contributed by atoms with van der Waals surface area (Å²) in [6.07, 6.45) is 9.87. The molecule has 4 N–H and O–H groups in total. The highest BCUT2D eigenvalue weighted by Gasteiger charge is 1.96. The lowest BCUT2D eigenvalue weighted by Crippen LogP contribution is -2.07. The van der Waals surface area contributed by atoms with Crippen LogP contribution in [0.3, 0.4) is 0 Å². The molecule has 0 saturated carbocycles. The molecule has 0 aromatic heterocycles. The Morgan fingerprint density at radius 1 is 0.688 bits per heavy atom. The van der Waals surface area contributed by atoms with Gasteiger partial charge in [-0.3, -0.25) is 0 Å². The first kappa shape index (κ1) is 15.8. The highest BCUT2D eigenvalue weighted by Crippen LogP contribution is 2.10. The van der Waals surface area contributed by atoms with E-state index in [9.17, 15) is 0 Å². The molecule has 0 aliphatic heterocycles. The van der Waals surface area contributed by atoms with Gasteiger partial charge >= 0.3 is 0 Å². The van der Waals surface area contributed by atoms with Crippen molar-refractivity contribution < 1.29 is 15.4 Å². The summed E-state index contributed by atoms with van der Waals surface area (Å²) in [4.78, 5) is 0. The minimum atomic E-state index is -1.12. The van der Waals surface area contributed by atoms with Crippen molar-refractivity contribution in [2.24, 2.45) is 0 Å². The Labute approximate surface area is 98.6 Å². The Bertz CT molecular complexity index is 131. The fraction of sp³-hybridized carbons (Fsp3) is 1.00. The number of aliphatic hydroxyl groups is 2. The summed E-state index contributed by atoms with van der Waals surface area (Å²) in [6.45, 7) is 0.698. The Morgan fingerprint density at radius 2 is 1.12 bits per heavy atom. The molecule has 4 nitrogen and oxygen atoms in total. The molecule has 0 aromatic carbocycles. The zero-order valence-electron chi connectivity index (χ0n) is 10.2. The molecule has 0 atom stereocenters. The average molecular weight is 233 g/mol. The maximum absolute atomic E-state index is 8.63. The first-order valence-corrected chi connectivity index (χ1v) is 6.50. The van der Waals surface area contributed by atoms with Gasteiger partial charge in [0.15, 0.2) is 6.29 Å². The standard InChI is InChI=1S/C12H27NO3/c14-12(15)10-8-6-4-2-1-3-5-7-9-11-13-16/h12-16H,1-11H2. The Kier molecular flexibility index (Phi) is 12.8. The number of unbranched alkanes of at least 4 members (excludes halogenated alkanes) is 8. The van der Waals surface area contributed by atoms with E-state index < -0.39 is 6.29 Å². The van der Waals surface area contributed by atoms with Crippen LogP contribution in [-0.4, -0.2) is 28.3 Å². The summed E-state index contributed by atoms with van der Waals surface area (Å²) in [7, 11) is 0. The van der Waals surface area contributed by atoms with Crippen molar-refractivity contribution in [3.8, 4) is 0 Å². The fourth-order valence-electron chi connectivity index (χ4n) is 1.77. The van der Waals surface area contributed by atoms with Crippen LogP contribution >= 0.6 is 0 Å². The van der Waals surface area contributed by atoms with Gasteiger partial charge in [-0.15, -0.1) is 0 Å². The van der Waals surface area contributed by atoms with Crippen molar-refractivity contribution in [3.05, 3.63) is 0 Å². The van der Waals surface area contributed by atoms with E-state index in [4.69, 9.17) is 15.4 Å². The van der Waals surface area contributed by atoms with Crippen LogP contribution in [0.1, 0.15) is 64.2 Å². The van der Waals surface area contributed by atoms with Gasteiger partial charge in [0.05, 0.1) is 0 Å². The van der Waals surface area contributed by atoms with Crippen molar-refractivity contribution in [1.29, 1.82) is 0 Å². The van der Waals surface area contributed by atoms with Crippen LogP contribution in [0.2, 0.25) is 0 Å². The van der Waals surface area contributed by atoms with E-state index in [1.807, 2.05) is 0 Å². The number of hydrogen-bond acceptors (Lipinski definition) is 4. The van der Waals surface area contributed by atoms with E-state index in [1.54, 1.807) is 0 Å². The predicted molar refractivity (Wildman–Crippen MR) is 64.2 cm³/mol. The molecule has 0 unspecified atom stereocenters. The molecule has 0 radical (unpaired) electrons.